The summed E-state index contributed by atoms with van der Waals surface area (Å²) in [5.74, 6) is -0.0385. The molecule has 0 atom stereocenters. The maximum Gasteiger partial charge on any atom is 0.225 e. The standard InChI is InChI=1S/C15H16N4O/c1-2-3-5-11-6-4-7-12(8-11)19-14-13(9-18-19)15(20)17-10-16-14/h4,6-10H,2-3,5H2,1H3,(H,16,17,20). The number of benzene rings is 1. The predicted octanol–water partition coefficient (Wildman–Crippen LogP) is 2.86. The zero-order valence-corrected chi connectivity index (χ0v) is 11.3. The Morgan fingerprint density at radius 3 is 3.00 bits per heavy atom. The van der Waals surface area contributed by atoms with Crippen LogP contribution in [0, 0.1) is 0 Å². The van der Waals surface area contributed by atoms with Crippen molar-refractivity contribution < 1.29 is 5.11 Å². The maximum atomic E-state index is 9.70. The van der Waals surface area contributed by atoms with Gasteiger partial charge in [0.15, 0.2) is 5.65 Å². The summed E-state index contributed by atoms with van der Waals surface area (Å²) in [4.78, 5) is 7.96. The van der Waals surface area contributed by atoms with Crippen LogP contribution in [0.5, 0.6) is 5.88 Å². The van der Waals surface area contributed by atoms with Crippen molar-refractivity contribution in [2.75, 3.05) is 0 Å². The summed E-state index contributed by atoms with van der Waals surface area (Å²) in [6.07, 6.45) is 6.34. The first-order valence-corrected chi connectivity index (χ1v) is 6.76. The molecule has 5 heteroatoms. The lowest BCUT2D eigenvalue weighted by Gasteiger charge is -2.06. The van der Waals surface area contributed by atoms with Crippen LogP contribution in [0.1, 0.15) is 25.3 Å². The van der Waals surface area contributed by atoms with Crippen molar-refractivity contribution in [2.24, 2.45) is 0 Å². The summed E-state index contributed by atoms with van der Waals surface area (Å²) in [5.41, 5.74) is 2.85. The summed E-state index contributed by atoms with van der Waals surface area (Å²) in [7, 11) is 0. The fourth-order valence-electron chi connectivity index (χ4n) is 2.25. The summed E-state index contributed by atoms with van der Waals surface area (Å²) < 4.78 is 1.73. The number of aromatic nitrogens is 4. The van der Waals surface area contributed by atoms with E-state index in [0.29, 0.717) is 11.0 Å². The topological polar surface area (TPSA) is 63.8 Å². The van der Waals surface area contributed by atoms with Crippen molar-refractivity contribution in [2.45, 2.75) is 26.2 Å². The van der Waals surface area contributed by atoms with Gasteiger partial charge in [-0.1, -0.05) is 25.5 Å². The third-order valence-electron chi connectivity index (χ3n) is 3.32. The SMILES string of the molecule is CCCCc1cccc(-n2ncc3c(O)ncnc32)c1. The molecule has 3 rings (SSSR count). The molecule has 20 heavy (non-hydrogen) atoms. The summed E-state index contributed by atoms with van der Waals surface area (Å²) >= 11 is 0. The van der Waals surface area contributed by atoms with Gasteiger partial charge in [-0.25, -0.2) is 14.6 Å². The van der Waals surface area contributed by atoms with Crippen LogP contribution in [0.15, 0.2) is 36.8 Å². The van der Waals surface area contributed by atoms with Gasteiger partial charge in [-0.2, -0.15) is 5.10 Å². The Labute approximate surface area is 116 Å². The third kappa shape index (κ3) is 2.22. The molecule has 0 fully saturated rings. The highest BCUT2D eigenvalue weighted by Gasteiger charge is 2.10. The molecule has 1 N–H and O–H groups in total. The van der Waals surface area contributed by atoms with Gasteiger partial charge in [-0.15, -0.1) is 0 Å². The minimum atomic E-state index is -0.0385. The largest absolute Gasteiger partial charge is 0.493 e. The van der Waals surface area contributed by atoms with Crippen LogP contribution in [-0.2, 0) is 6.42 Å². The van der Waals surface area contributed by atoms with Gasteiger partial charge >= 0.3 is 0 Å². The molecular weight excluding hydrogens is 252 g/mol. The molecule has 0 aliphatic carbocycles. The van der Waals surface area contributed by atoms with Gasteiger partial charge in [-0.05, 0) is 30.5 Å². The average molecular weight is 268 g/mol. The highest BCUT2D eigenvalue weighted by molar-refractivity contribution is 5.80. The number of hydrogen-bond donors (Lipinski definition) is 1. The van der Waals surface area contributed by atoms with Crippen molar-refractivity contribution in [1.29, 1.82) is 0 Å². The average Bonchev–Trinajstić information content (AvgIpc) is 2.91. The molecule has 0 radical (unpaired) electrons. The van der Waals surface area contributed by atoms with Gasteiger partial charge in [-0.3, -0.25) is 0 Å². The second-order valence-corrected chi connectivity index (χ2v) is 4.76. The summed E-state index contributed by atoms with van der Waals surface area (Å²) in [6.45, 7) is 2.19. The molecule has 0 unspecified atom stereocenters. The molecule has 2 heterocycles. The maximum absolute atomic E-state index is 9.70. The van der Waals surface area contributed by atoms with Crippen LogP contribution in [-0.4, -0.2) is 24.9 Å². The van der Waals surface area contributed by atoms with E-state index >= 15 is 0 Å². The highest BCUT2D eigenvalue weighted by Crippen LogP contribution is 2.22. The number of aryl methyl sites for hydroxylation is 1. The first-order valence-electron chi connectivity index (χ1n) is 6.76. The molecule has 0 bridgehead atoms. The van der Waals surface area contributed by atoms with Gasteiger partial charge in [0, 0.05) is 0 Å². The van der Waals surface area contributed by atoms with Crippen molar-refractivity contribution in [3.05, 3.63) is 42.4 Å². The molecule has 0 amide bonds. The van der Waals surface area contributed by atoms with Gasteiger partial charge in [0.05, 0.1) is 11.9 Å². The van der Waals surface area contributed by atoms with Gasteiger partial charge in [0.2, 0.25) is 5.88 Å². The lowest BCUT2D eigenvalue weighted by atomic mass is 10.1. The fourth-order valence-corrected chi connectivity index (χ4v) is 2.25. The van der Waals surface area contributed by atoms with Crippen LogP contribution in [0.4, 0.5) is 0 Å². The molecule has 2 aromatic heterocycles. The van der Waals surface area contributed by atoms with E-state index in [1.165, 1.54) is 24.7 Å². The van der Waals surface area contributed by atoms with E-state index in [2.05, 4.69) is 34.1 Å². The molecule has 0 aliphatic heterocycles. The van der Waals surface area contributed by atoms with Crippen molar-refractivity contribution in [3.63, 3.8) is 0 Å². The third-order valence-corrected chi connectivity index (χ3v) is 3.32. The Morgan fingerprint density at radius 2 is 2.15 bits per heavy atom. The van der Waals surface area contributed by atoms with E-state index in [9.17, 15) is 5.11 Å². The molecule has 1 aromatic carbocycles. The monoisotopic (exact) mass is 268 g/mol. The van der Waals surface area contributed by atoms with E-state index in [1.807, 2.05) is 12.1 Å². The van der Waals surface area contributed by atoms with Gasteiger partial charge in [0.1, 0.15) is 11.7 Å². The van der Waals surface area contributed by atoms with Gasteiger partial charge < -0.3 is 5.11 Å². The minimum absolute atomic E-state index is 0.0385. The predicted molar refractivity (Wildman–Crippen MR) is 76.9 cm³/mol. The number of nitrogens with zero attached hydrogens (tertiary/aromatic N) is 4. The first-order chi connectivity index (χ1) is 9.79. The molecule has 5 nitrogen and oxygen atoms in total. The van der Waals surface area contributed by atoms with Crippen LogP contribution in [0.25, 0.3) is 16.7 Å². The number of fused-ring (bicyclic) bond motifs is 1. The number of unbranched alkanes of at least 4 members (excludes halogenated alkanes) is 1. The number of aromatic hydroxyl groups is 1. The molecule has 0 spiro atoms. The zero-order chi connectivity index (χ0) is 13.9. The Bertz CT molecular complexity index is 736. The van der Waals surface area contributed by atoms with Crippen LogP contribution >= 0.6 is 0 Å². The summed E-state index contributed by atoms with van der Waals surface area (Å²) in [5, 5.41) is 14.6. The first kappa shape index (κ1) is 12.6. The Hall–Kier alpha value is -2.43. The molecule has 0 saturated heterocycles. The number of hydrogen-bond acceptors (Lipinski definition) is 4. The minimum Gasteiger partial charge on any atom is -0.493 e. The van der Waals surface area contributed by atoms with E-state index < -0.39 is 0 Å². The smallest absolute Gasteiger partial charge is 0.225 e. The molecule has 102 valence electrons. The lowest BCUT2D eigenvalue weighted by molar-refractivity contribution is 0.459. The van der Waals surface area contributed by atoms with Crippen molar-refractivity contribution in [3.8, 4) is 11.6 Å². The highest BCUT2D eigenvalue weighted by atomic mass is 16.3. The molecule has 3 aromatic rings. The second-order valence-electron chi connectivity index (χ2n) is 4.76. The Kier molecular flexibility index (Phi) is 3.33. The van der Waals surface area contributed by atoms with Crippen LogP contribution in [0.3, 0.4) is 0 Å². The lowest BCUT2D eigenvalue weighted by Crippen LogP contribution is -1.98. The van der Waals surface area contributed by atoms with E-state index in [4.69, 9.17) is 0 Å². The Morgan fingerprint density at radius 1 is 1.25 bits per heavy atom. The van der Waals surface area contributed by atoms with Crippen molar-refractivity contribution >= 4 is 11.0 Å². The van der Waals surface area contributed by atoms with E-state index in [0.717, 1.165) is 12.1 Å². The van der Waals surface area contributed by atoms with Crippen molar-refractivity contribution in [1.82, 2.24) is 19.7 Å². The van der Waals surface area contributed by atoms with Gasteiger partial charge in [0.25, 0.3) is 0 Å². The summed E-state index contributed by atoms with van der Waals surface area (Å²) in [6, 6.07) is 8.24. The van der Waals surface area contributed by atoms with Crippen LogP contribution < -0.4 is 0 Å². The van der Waals surface area contributed by atoms with E-state index in [-0.39, 0.29) is 5.88 Å². The number of rotatable bonds is 4. The Balaban J connectivity index is 2.05. The quantitative estimate of drug-likeness (QED) is 0.790. The normalized spacial score (nSPS) is 11.1. The molecule has 0 saturated carbocycles. The second kappa shape index (κ2) is 5.28. The zero-order valence-electron chi connectivity index (χ0n) is 11.3. The molecule has 0 aliphatic rings. The van der Waals surface area contributed by atoms with E-state index in [1.54, 1.807) is 10.9 Å². The molecular formula is C15H16N4O. The fraction of sp³-hybridized carbons (Fsp3) is 0.267. The van der Waals surface area contributed by atoms with Crippen LogP contribution in [0.2, 0.25) is 0 Å².